The molecule has 2 aromatic carbocycles. The fourth-order valence-electron chi connectivity index (χ4n) is 6.88. The zero-order valence-electron chi connectivity index (χ0n) is 22.0. The molecule has 7 rings (SSSR count). The molecule has 2 heterocycles. The summed E-state index contributed by atoms with van der Waals surface area (Å²) < 4.78 is 5.78. The number of para-hydroxylation sites is 1. The fraction of sp³-hybridized carbons (Fsp3) is 0.533. The molecule has 0 spiro atoms. The van der Waals surface area contributed by atoms with Gasteiger partial charge in [0, 0.05) is 23.6 Å². The molecule has 196 valence electrons. The number of guanidine groups is 1. The smallest absolute Gasteiger partial charge is 0.232 e. The summed E-state index contributed by atoms with van der Waals surface area (Å²) in [6, 6.07) is 15.7. The highest BCUT2D eigenvalue weighted by molar-refractivity contribution is 5.99. The number of aliphatic hydroxyl groups excluding tert-OH is 1. The van der Waals surface area contributed by atoms with Crippen molar-refractivity contribution < 1.29 is 14.6 Å². The van der Waals surface area contributed by atoms with Crippen molar-refractivity contribution in [2.45, 2.75) is 76.7 Å². The van der Waals surface area contributed by atoms with Gasteiger partial charge >= 0.3 is 0 Å². The van der Waals surface area contributed by atoms with Crippen LogP contribution in [0.25, 0.3) is 0 Å². The molecule has 1 unspecified atom stereocenters. The molecule has 0 aromatic heterocycles. The summed E-state index contributed by atoms with van der Waals surface area (Å²) in [5.74, 6) is 2.04. The summed E-state index contributed by atoms with van der Waals surface area (Å²) in [6.45, 7) is 6.83. The molecule has 5 aliphatic rings. The van der Waals surface area contributed by atoms with E-state index >= 15 is 0 Å². The average Bonchev–Trinajstić information content (AvgIpc) is 2.81. The Labute approximate surface area is 219 Å². The van der Waals surface area contributed by atoms with Gasteiger partial charge in [-0.15, -0.1) is 0 Å². The van der Waals surface area contributed by atoms with Gasteiger partial charge in [0.05, 0.1) is 19.1 Å². The topological polar surface area (TPSA) is 97.7 Å². The number of nitrogens with zero attached hydrogens (tertiary/aromatic N) is 1. The second kappa shape index (κ2) is 8.84. The Kier molecular flexibility index (Phi) is 5.84. The first-order valence-corrected chi connectivity index (χ1v) is 13.6. The van der Waals surface area contributed by atoms with Crippen LogP contribution in [0.15, 0.2) is 48.5 Å². The van der Waals surface area contributed by atoms with Crippen LogP contribution in [0, 0.1) is 22.7 Å². The van der Waals surface area contributed by atoms with Gasteiger partial charge in [-0.05, 0) is 66.7 Å². The number of hydrogen-bond donors (Lipinski definition) is 4. The summed E-state index contributed by atoms with van der Waals surface area (Å²) in [5.41, 5.74) is 2.43. The number of benzene rings is 2. The number of aliphatic hydroxyl groups is 1. The van der Waals surface area contributed by atoms with E-state index in [9.17, 15) is 9.90 Å². The third-order valence-corrected chi connectivity index (χ3v) is 9.49. The molecular formula is C30H38N4O3. The van der Waals surface area contributed by atoms with Crippen molar-refractivity contribution in [1.29, 1.82) is 5.41 Å². The Bertz CT molecular complexity index is 1190. The molecule has 3 saturated carbocycles. The van der Waals surface area contributed by atoms with Crippen molar-refractivity contribution in [3.63, 3.8) is 0 Å². The largest absolute Gasteiger partial charge is 0.493 e. The lowest BCUT2D eigenvalue weighted by Crippen LogP contribution is -2.68. The van der Waals surface area contributed by atoms with Crippen LogP contribution < -0.4 is 15.4 Å². The van der Waals surface area contributed by atoms with Gasteiger partial charge in [-0.1, -0.05) is 50.2 Å². The maximum atomic E-state index is 13.6. The second-order valence-electron chi connectivity index (χ2n) is 12.2. The highest BCUT2D eigenvalue weighted by Gasteiger charge is 2.63. The zero-order valence-corrected chi connectivity index (χ0v) is 22.0. The van der Waals surface area contributed by atoms with Crippen LogP contribution >= 0.6 is 0 Å². The molecular weight excluding hydrogens is 464 g/mol. The Morgan fingerprint density at radius 3 is 2.54 bits per heavy atom. The number of amides is 1. The maximum absolute atomic E-state index is 13.6. The normalized spacial score (nSPS) is 32.0. The highest BCUT2D eigenvalue weighted by atomic mass is 16.5. The predicted octanol–water partition coefficient (Wildman–Crippen LogP) is 4.80. The number of fused-ring (bicyclic) bond motifs is 1. The van der Waals surface area contributed by atoms with Crippen LogP contribution in [-0.2, 0) is 4.79 Å². The lowest BCUT2D eigenvalue weighted by Gasteiger charge is -2.67. The van der Waals surface area contributed by atoms with Gasteiger partial charge in [0.25, 0.3) is 0 Å². The SMILES string of the molecule is CC(C)[C@]1(C)CC(=O)N([C@@H](c2cccc(C(O)N[C@H]3CCOc4ccccc43)c2)C23CC(C2)C3)C(=N)N1. The van der Waals surface area contributed by atoms with E-state index in [1.807, 2.05) is 49.4 Å². The van der Waals surface area contributed by atoms with Crippen molar-refractivity contribution in [3.8, 4) is 5.75 Å². The molecule has 37 heavy (non-hydrogen) atoms. The Hall–Kier alpha value is -2.90. The number of nitrogens with one attached hydrogen (secondary N) is 3. The molecule has 3 aliphatic carbocycles. The number of carbonyl (C=O) groups excluding carboxylic acids is 1. The molecule has 7 heteroatoms. The monoisotopic (exact) mass is 502 g/mol. The van der Waals surface area contributed by atoms with Gasteiger partial charge in [-0.3, -0.25) is 20.4 Å². The number of hydrogen-bond acceptors (Lipinski definition) is 5. The van der Waals surface area contributed by atoms with Crippen molar-refractivity contribution in [1.82, 2.24) is 15.5 Å². The van der Waals surface area contributed by atoms with Crippen molar-refractivity contribution >= 4 is 11.9 Å². The van der Waals surface area contributed by atoms with Gasteiger partial charge in [-0.25, -0.2) is 0 Å². The van der Waals surface area contributed by atoms with Gasteiger partial charge in [0.15, 0.2) is 5.96 Å². The Morgan fingerprint density at radius 1 is 1.14 bits per heavy atom. The molecule has 7 nitrogen and oxygen atoms in total. The Balaban J connectivity index is 1.28. The first-order chi connectivity index (χ1) is 17.7. The fourth-order valence-corrected chi connectivity index (χ4v) is 6.88. The van der Waals surface area contributed by atoms with E-state index in [-0.39, 0.29) is 35.3 Å². The number of rotatable bonds is 7. The van der Waals surface area contributed by atoms with E-state index in [1.54, 1.807) is 4.90 Å². The standard InChI is InChI=1S/C30H38N4O3/c1-18(2)29(3)17-25(35)34(28(31)33-29)26(30-14-19(15-30)16-30)20-7-6-8-21(13-20)27(36)32-23-11-12-37-24-10-5-4-9-22(23)24/h4-10,13,18-19,23,26-27,32,36H,11-12,14-17H2,1-3H3,(H2,31,33)/t19?,23-,26-,27?,29-,30?/m0/s1. The molecule has 4 N–H and O–H groups in total. The summed E-state index contributed by atoms with van der Waals surface area (Å²) >= 11 is 0. The van der Waals surface area contributed by atoms with Crippen LogP contribution in [0.4, 0.5) is 0 Å². The molecule has 2 aromatic rings. The third kappa shape index (κ3) is 4.03. The van der Waals surface area contributed by atoms with E-state index in [2.05, 4.69) is 30.5 Å². The summed E-state index contributed by atoms with van der Waals surface area (Å²) in [5, 5.41) is 26.9. The summed E-state index contributed by atoms with van der Waals surface area (Å²) in [6.07, 6.45) is 3.58. The second-order valence-corrected chi connectivity index (χ2v) is 12.2. The first kappa shape index (κ1) is 24.4. The van der Waals surface area contributed by atoms with E-state index in [4.69, 9.17) is 10.1 Å². The van der Waals surface area contributed by atoms with Crippen LogP contribution in [0.5, 0.6) is 5.75 Å². The number of ether oxygens (including phenoxy) is 1. The zero-order chi connectivity index (χ0) is 25.9. The minimum Gasteiger partial charge on any atom is -0.493 e. The quantitative estimate of drug-likeness (QED) is 0.408. The molecule has 2 bridgehead atoms. The lowest BCUT2D eigenvalue weighted by atomic mass is 9.41. The van der Waals surface area contributed by atoms with Gasteiger partial charge < -0.3 is 15.2 Å². The minimum atomic E-state index is -0.858. The first-order valence-electron chi connectivity index (χ1n) is 13.6. The van der Waals surface area contributed by atoms with Gasteiger partial charge in [0.1, 0.15) is 12.0 Å². The molecule has 1 saturated heterocycles. The molecule has 0 radical (unpaired) electrons. The van der Waals surface area contributed by atoms with E-state index in [0.29, 0.717) is 13.0 Å². The van der Waals surface area contributed by atoms with E-state index in [1.165, 1.54) is 0 Å². The van der Waals surface area contributed by atoms with Gasteiger partial charge in [0.2, 0.25) is 5.91 Å². The highest BCUT2D eigenvalue weighted by Crippen LogP contribution is 2.71. The van der Waals surface area contributed by atoms with Crippen molar-refractivity contribution in [3.05, 3.63) is 65.2 Å². The molecule has 1 amide bonds. The van der Waals surface area contributed by atoms with Crippen LogP contribution in [0.1, 0.15) is 87.9 Å². The maximum Gasteiger partial charge on any atom is 0.232 e. The van der Waals surface area contributed by atoms with Crippen LogP contribution in [0.2, 0.25) is 0 Å². The number of carbonyl (C=O) groups is 1. The molecule has 4 fully saturated rings. The van der Waals surface area contributed by atoms with Gasteiger partial charge in [-0.2, -0.15) is 0 Å². The van der Waals surface area contributed by atoms with Crippen molar-refractivity contribution in [2.75, 3.05) is 6.61 Å². The summed E-state index contributed by atoms with van der Waals surface area (Å²) in [7, 11) is 0. The van der Waals surface area contributed by atoms with E-state index in [0.717, 1.165) is 54.0 Å². The van der Waals surface area contributed by atoms with Crippen LogP contribution in [0.3, 0.4) is 0 Å². The summed E-state index contributed by atoms with van der Waals surface area (Å²) in [4.78, 5) is 15.3. The Morgan fingerprint density at radius 2 is 1.86 bits per heavy atom. The van der Waals surface area contributed by atoms with Crippen molar-refractivity contribution in [2.24, 2.45) is 17.3 Å². The minimum absolute atomic E-state index is 0.00761. The third-order valence-electron chi connectivity index (χ3n) is 9.49. The van der Waals surface area contributed by atoms with E-state index < -0.39 is 11.8 Å². The predicted molar refractivity (Wildman–Crippen MR) is 142 cm³/mol. The lowest BCUT2D eigenvalue weighted by molar-refractivity contribution is -0.169. The molecule has 2 aliphatic heterocycles. The van der Waals surface area contributed by atoms with Crippen LogP contribution in [-0.4, -0.2) is 34.0 Å². The average molecular weight is 503 g/mol. The molecule has 4 atom stereocenters.